The standard InChI is InChI=1S/C16H26N2/c1-12-5-7-14(8-6-12)15(13(2)17)18-10-9-16(3,4)11-18/h5-8,13,15H,9-11,17H2,1-4H3. The molecular formula is C16H26N2. The molecule has 2 nitrogen and oxygen atoms in total. The summed E-state index contributed by atoms with van der Waals surface area (Å²) in [7, 11) is 0. The number of likely N-dealkylation sites (tertiary alicyclic amines) is 1. The third-order valence-corrected chi connectivity index (χ3v) is 4.02. The summed E-state index contributed by atoms with van der Waals surface area (Å²) >= 11 is 0. The Hall–Kier alpha value is -0.860. The van der Waals surface area contributed by atoms with Gasteiger partial charge in [0.1, 0.15) is 0 Å². The number of hydrogen-bond acceptors (Lipinski definition) is 2. The van der Waals surface area contributed by atoms with E-state index >= 15 is 0 Å². The van der Waals surface area contributed by atoms with Gasteiger partial charge in [-0.15, -0.1) is 0 Å². The van der Waals surface area contributed by atoms with Crippen LogP contribution in [0.1, 0.15) is 44.4 Å². The maximum absolute atomic E-state index is 6.23. The van der Waals surface area contributed by atoms with E-state index in [2.05, 4.69) is 56.9 Å². The van der Waals surface area contributed by atoms with Crippen molar-refractivity contribution < 1.29 is 0 Å². The SMILES string of the molecule is Cc1ccc(C(C(C)N)N2CCC(C)(C)C2)cc1. The fourth-order valence-electron chi connectivity index (χ4n) is 3.00. The minimum Gasteiger partial charge on any atom is -0.326 e. The number of nitrogens with two attached hydrogens (primary N) is 1. The second-order valence-corrected chi connectivity index (χ2v) is 6.60. The lowest BCUT2D eigenvalue weighted by molar-refractivity contribution is 0.197. The summed E-state index contributed by atoms with van der Waals surface area (Å²) in [6.07, 6.45) is 1.27. The minimum absolute atomic E-state index is 0.168. The number of hydrogen-bond donors (Lipinski definition) is 1. The Balaban J connectivity index is 2.21. The van der Waals surface area contributed by atoms with Gasteiger partial charge in [-0.05, 0) is 37.8 Å². The predicted octanol–water partition coefficient (Wildman–Crippen LogP) is 3.12. The van der Waals surface area contributed by atoms with Crippen molar-refractivity contribution in [3.05, 3.63) is 35.4 Å². The number of nitrogens with zero attached hydrogens (tertiary/aromatic N) is 1. The van der Waals surface area contributed by atoms with Gasteiger partial charge in [0.15, 0.2) is 0 Å². The summed E-state index contributed by atoms with van der Waals surface area (Å²) in [6, 6.07) is 9.36. The van der Waals surface area contributed by atoms with Crippen LogP contribution in [0.5, 0.6) is 0 Å². The Morgan fingerprint density at radius 3 is 2.28 bits per heavy atom. The molecule has 1 aliphatic heterocycles. The zero-order valence-electron chi connectivity index (χ0n) is 12.1. The van der Waals surface area contributed by atoms with Crippen molar-refractivity contribution >= 4 is 0 Å². The minimum atomic E-state index is 0.168. The third kappa shape index (κ3) is 2.93. The van der Waals surface area contributed by atoms with Gasteiger partial charge in [-0.2, -0.15) is 0 Å². The highest BCUT2D eigenvalue weighted by molar-refractivity contribution is 5.25. The highest BCUT2D eigenvalue weighted by atomic mass is 15.2. The van der Waals surface area contributed by atoms with Crippen LogP contribution in [0.25, 0.3) is 0 Å². The Morgan fingerprint density at radius 1 is 1.22 bits per heavy atom. The lowest BCUT2D eigenvalue weighted by Crippen LogP contribution is -2.39. The van der Waals surface area contributed by atoms with E-state index in [1.165, 1.54) is 17.5 Å². The molecule has 2 heteroatoms. The van der Waals surface area contributed by atoms with Crippen LogP contribution >= 0.6 is 0 Å². The monoisotopic (exact) mass is 246 g/mol. The average molecular weight is 246 g/mol. The first-order valence-electron chi connectivity index (χ1n) is 6.95. The summed E-state index contributed by atoms with van der Waals surface area (Å²) in [6.45, 7) is 11.3. The molecule has 0 saturated carbocycles. The molecule has 18 heavy (non-hydrogen) atoms. The van der Waals surface area contributed by atoms with E-state index in [9.17, 15) is 0 Å². The average Bonchev–Trinajstić information content (AvgIpc) is 2.61. The van der Waals surface area contributed by atoms with Gasteiger partial charge in [0.05, 0.1) is 0 Å². The molecule has 2 unspecified atom stereocenters. The summed E-state index contributed by atoms with van der Waals surface area (Å²) < 4.78 is 0. The zero-order chi connectivity index (χ0) is 13.3. The highest BCUT2D eigenvalue weighted by Crippen LogP contribution is 2.35. The van der Waals surface area contributed by atoms with Crippen LogP contribution in [0.4, 0.5) is 0 Å². The van der Waals surface area contributed by atoms with E-state index in [0.717, 1.165) is 13.1 Å². The van der Waals surface area contributed by atoms with Crippen LogP contribution < -0.4 is 5.73 Å². The van der Waals surface area contributed by atoms with Gasteiger partial charge in [-0.3, -0.25) is 4.90 Å². The molecule has 0 spiro atoms. The molecule has 0 aliphatic carbocycles. The second-order valence-electron chi connectivity index (χ2n) is 6.60. The molecule has 2 atom stereocenters. The lowest BCUT2D eigenvalue weighted by Gasteiger charge is -2.32. The van der Waals surface area contributed by atoms with E-state index in [1.54, 1.807) is 0 Å². The largest absolute Gasteiger partial charge is 0.326 e. The van der Waals surface area contributed by atoms with Gasteiger partial charge in [-0.1, -0.05) is 43.7 Å². The molecule has 1 heterocycles. The van der Waals surface area contributed by atoms with Gasteiger partial charge in [0.25, 0.3) is 0 Å². The van der Waals surface area contributed by atoms with Crippen LogP contribution in [-0.2, 0) is 0 Å². The molecule has 1 aliphatic rings. The Bertz CT molecular complexity index is 392. The fourth-order valence-corrected chi connectivity index (χ4v) is 3.00. The molecule has 1 aromatic carbocycles. The first kappa shape index (κ1) is 13.6. The Labute approximate surface area is 111 Å². The van der Waals surface area contributed by atoms with Gasteiger partial charge in [0.2, 0.25) is 0 Å². The van der Waals surface area contributed by atoms with Gasteiger partial charge >= 0.3 is 0 Å². The van der Waals surface area contributed by atoms with Gasteiger partial charge in [0, 0.05) is 18.6 Å². The first-order chi connectivity index (χ1) is 8.39. The van der Waals surface area contributed by atoms with E-state index in [0.29, 0.717) is 11.5 Å². The molecule has 2 rings (SSSR count). The lowest BCUT2D eigenvalue weighted by atomic mass is 9.92. The normalized spacial score (nSPS) is 22.9. The van der Waals surface area contributed by atoms with E-state index < -0.39 is 0 Å². The molecule has 1 fully saturated rings. The molecule has 100 valence electrons. The molecule has 1 aromatic rings. The van der Waals surface area contributed by atoms with Crippen LogP contribution in [0.15, 0.2) is 24.3 Å². The molecule has 0 bridgehead atoms. The van der Waals surface area contributed by atoms with Crippen molar-refractivity contribution in [1.29, 1.82) is 0 Å². The molecule has 0 radical (unpaired) electrons. The number of aryl methyl sites for hydroxylation is 1. The molecule has 1 saturated heterocycles. The molecule has 2 N–H and O–H groups in total. The summed E-state index contributed by atoms with van der Waals surface area (Å²) in [5.41, 5.74) is 9.33. The highest BCUT2D eigenvalue weighted by Gasteiger charge is 2.35. The van der Waals surface area contributed by atoms with E-state index in [4.69, 9.17) is 5.73 Å². The van der Waals surface area contributed by atoms with Crippen molar-refractivity contribution in [3.8, 4) is 0 Å². The number of rotatable bonds is 3. The predicted molar refractivity (Wildman–Crippen MR) is 77.5 cm³/mol. The molecular weight excluding hydrogens is 220 g/mol. The summed E-state index contributed by atoms with van der Waals surface area (Å²) in [4.78, 5) is 2.55. The molecule has 0 aromatic heterocycles. The van der Waals surface area contributed by atoms with Crippen molar-refractivity contribution in [1.82, 2.24) is 4.90 Å². The third-order valence-electron chi connectivity index (χ3n) is 4.02. The Kier molecular flexibility index (Phi) is 3.79. The fraction of sp³-hybridized carbons (Fsp3) is 0.625. The maximum Gasteiger partial charge on any atom is 0.0496 e. The van der Waals surface area contributed by atoms with E-state index in [-0.39, 0.29) is 6.04 Å². The Morgan fingerprint density at radius 2 is 1.83 bits per heavy atom. The maximum atomic E-state index is 6.23. The second kappa shape index (κ2) is 5.02. The van der Waals surface area contributed by atoms with Crippen molar-refractivity contribution in [3.63, 3.8) is 0 Å². The van der Waals surface area contributed by atoms with Gasteiger partial charge < -0.3 is 5.73 Å². The molecule has 0 amide bonds. The van der Waals surface area contributed by atoms with Crippen molar-refractivity contribution in [2.75, 3.05) is 13.1 Å². The van der Waals surface area contributed by atoms with Crippen LogP contribution in [0, 0.1) is 12.3 Å². The van der Waals surface area contributed by atoms with E-state index in [1.807, 2.05) is 0 Å². The summed E-state index contributed by atoms with van der Waals surface area (Å²) in [5, 5.41) is 0. The van der Waals surface area contributed by atoms with Crippen LogP contribution in [-0.4, -0.2) is 24.0 Å². The van der Waals surface area contributed by atoms with Crippen LogP contribution in [0.3, 0.4) is 0 Å². The summed E-state index contributed by atoms with van der Waals surface area (Å²) in [5.74, 6) is 0. The smallest absolute Gasteiger partial charge is 0.0496 e. The zero-order valence-corrected chi connectivity index (χ0v) is 12.1. The number of benzene rings is 1. The topological polar surface area (TPSA) is 29.3 Å². The first-order valence-corrected chi connectivity index (χ1v) is 6.95. The van der Waals surface area contributed by atoms with Gasteiger partial charge in [-0.25, -0.2) is 0 Å². The van der Waals surface area contributed by atoms with Crippen molar-refractivity contribution in [2.24, 2.45) is 11.1 Å². The van der Waals surface area contributed by atoms with Crippen molar-refractivity contribution in [2.45, 2.75) is 46.2 Å². The van der Waals surface area contributed by atoms with Crippen LogP contribution in [0.2, 0.25) is 0 Å². The quantitative estimate of drug-likeness (QED) is 0.888.